The molecule has 0 saturated heterocycles. The number of rotatable bonds is 5. The second kappa shape index (κ2) is 6.68. The van der Waals surface area contributed by atoms with Crippen LogP contribution in [0.25, 0.3) is 0 Å². The predicted molar refractivity (Wildman–Crippen MR) is 85.6 cm³/mol. The van der Waals surface area contributed by atoms with Crippen LogP contribution in [0.4, 0.5) is 5.69 Å². The molecule has 0 spiro atoms. The first-order valence-electron chi connectivity index (χ1n) is 6.65. The van der Waals surface area contributed by atoms with Crippen LogP contribution >= 0.6 is 11.6 Å². The highest BCUT2D eigenvalue weighted by Gasteiger charge is 2.14. The van der Waals surface area contributed by atoms with Gasteiger partial charge in [0.05, 0.1) is 25.9 Å². The van der Waals surface area contributed by atoms with Crippen molar-refractivity contribution in [1.82, 2.24) is 4.98 Å². The van der Waals surface area contributed by atoms with Gasteiger partial charge in [-0.1, -0.05) is 11.6 Å². The minimum Gasteiger partial charge on any atom is -0.497 e. The number of aryl methyl sites for hydroxylation is 1. The van der Waals surface area contributed by atoms with Crippen LogP contribution in [0.15, 0.2) is 30.5 Å². The van der Waals surface area contributed by atoms with E-state index >= 15 is 0 Å². The van der Waals surface area contributed by atoms with E-state index in [4.69, 9.17) is 21.1 Å². The van der Waals surface area contributed by atoms with Gasteiger partial charge in [-0.05, 0) is 43.7 Å². The van der Waals surface area contributed by atoms with Crippen LogP contribution in [0.1, 0.15) is 24.1 Å². The molecule has 0 radical (unpaired) electrons. The van der Waals surface area contributed by atoms with Crippen LogP contribution in [-0.4, -0.2) is 19.2 Å². The molecule has 1 heterocycles. The number of nitrogens with zero attached hydrogens (tertiary/aromatic N) is 1. The summed E-state index contributed by atoms with van der Waals surface area (Å²) >= 11 is 6.13. The van der Waals surface area contributed by atoms with Gasteiger partial charge in [0.1, 0.15) is 11.5 Å². The van der Waals surface area contributed by atoms with E-state index in [0.29, 0.717) is 5.15 Å². The average molecular weight is 307 g/mol. The molecule has 0 saturated carbocycles. The Morgan fingerprint density at radius 2 is 1.95 bits per heavy atom. The third-order valence-electron chi connectivity index (χ3n) is 3.25. The molecule has 4 nitrogen and oxygen atoms in total. The van der Waals surface area contributed by atoms with Gasteiger partial charge in [0.15, 0.2) is 5.15 Å². The highest BCUT2D eigenvalue weighted by Crippen LogP contribution is 2.32. The fourth-order valence-corrected chi connectivity index (χ4v) is 2.30. The Morgan fingerprint density at radius 3 is 2.62 bits per heavy atom. The molecule has 2 rings (SSSR count). The van der Waals surface area contributed by atoms with E-state index in [1.807, 2.05) is 38.1 Å². The van der Waals surface area contributed by atoms with Crippen LogP contribution in [0.3, 0.4) is 0 Å². The minimum atomic E-state index is -0.00356. The van der Waals surface area contributed by atoms with Crippen molar-refractivity contribution < 1.29 is 9.47 Å². The summed E-state index contributed by atoms with van der Waals surface area (Å²) in [7, 11) is 3.30. The standard InChI is InChI=1S/C16H19ClN2O2/c1-10-7-14(16(17)18-9-10)19-11(2)13-8-12(20-3)5-6-15(13)21-4/h5-9,11,19H,1-4H3. The topological polar surface area (TPSA) is 43.4 Å². The van der Waals surface area contributed by atoms with Gasteiger partial charge in [0.25, 0.3) is 0 Å². The lowest BCUT2D eigenvalue weighted by molar-refractivity contribution is 0.397. The molecular weight excluding hydrogens is 288 g/mol. The van der Waals surface area contributed by atoms with E-state index in [9.17, 15) is 0 Å². The van der Waals surface area contributed by atoms with Gasteiger partial charge in [-0.2, -0.15) is 0 Å². The van der Waals surface area contributed by atoms with E-state index < -0.39 is 0 Å². The third kappa shape index (κ3) is 3.58. The summed E-state index contributed by atoms with van der Waals surface area (Å²) in [5, 5.41) is 3.82. The summed E-state index contributed by atoms with van der Waals surface area (Å²) in [6, 6.07) is 7.68. The molecule has 0 aliphatic heterocycles. The van der Waals surface area contributed by atoms with E-state index in [1.54, 1.807) is 20.4 Å². The number of aromatic nitrogens is 1. The fourth-order valence-electron chi connectivity index (χ4n) is 2.14. The Balaban J connectivity index is 2.31. The molecule has 1 N–H and O–H groups in total. The molecule has 0 bridgehead atoms. The SMILES string of the molecule is COc1ccc(OC)c(C(C)Nc2cc(C)cnc2Cl)c1. The summed E-state index contributed by atoms with van der Waals surface area (Å²) in [5.74, 6) is 1.58. The molecule has 0 fully saturated rings. The molecule has 5 heteroatoms. The van der Waals surface area contributed by atoms with Gasteiger partial charge in [-0.3, -0.25) is 0 Å². The van der Waals surface area contributed by atoms with Crippen LogP contribution in [0, 0.1) is 6.92 Å². The maximum absolute atomic E-state index is 6.13. The Morgan fingerprint density at radius 1 is 1.19 bits per heavy atom. The summed E-state index contributed by atoms with van der Waals surface area (Å²) < 4.78 is 10.7. The maximum Gasteiger partial charge on any atom is 0.152 e. The van der Waals surface area contributed by atoms with E-state index in [-0.39, 0.29) is 6.04 Å². The number of ether oxygens (including phenoxy) is 2. The first kappa shape index (κ1) is 15.4. The number of methoxy groups -OCH3 is 2. The fraction of sp³-hybridized carbons (Fsp3) is 0.312. The first-order chi connectivity index (χ1) is 10.0. The Labute approximate surface area is 130 Å². The minimum absolute atomic E-state index is 0.00356. The number of anilines is 1. The van der Waals surface area contributed by atoms with Crippen LogP contribution < -0.4 is 14.8 Å². The molecule has 0 aliphatic carbocycles. The highest BCUT2D eigenvalue weighted by atomic mass is 35.5. The molecule has 0 amide bonds. The summed E-state index contributed by atoms with van der Waals surface area (Å²) in [4.78, 5) is 4.15. The van der Waals surface area contributed by atoms with E-state index in [0.717, 1.165) is 28.3 Å². The zero-order valence-corrected chi connectivity index (χ0v) is 13.4. The van der Waals surface area contributed by atoms with Crippen molar-refractivity contribution in [2.75, 3.05) is 19.5 Å². The predicted octanol–water partition coefficient (Wildman–Crippen LogP) is 4.23. The smallest absolute Gasteiger partial charge is 0.152 e. The number of benzene rings is 1. The Hall–Kier alpha value is -1.94. The molecule has 0 aliphatic rings. The number of halogens is 1. The summed E-state index contributed by atoms with van der Waals surface area (Å²) in [6.07, 6.45) is 1.74. The Kier molecular flexibility index (Phi) is 4.91. The van der Waals surface area contributed by atoms with Crippen molar-refractivity contribution in [3.05, 3.63) is 46.7 Å². The Bertz CT molecular complexity index is 632. The van der Waals surface area contributed by atoms with Gasteiger partial charge in [0, 0.05) is 11.8 Å². The number of nitrogens with one attached hydrogen (secondary N) is 1. The van der Waals surface area contributed by atoms with Gasteiger partial charge >= 0.3 is 0 Å². The molecular formula is C16H19ClN2O2. The van der Waals surface area contributed by atoms with Gasteiger partial charge in [-0.15, -0.1) is 0 Å². The van der Waals surface area contributed by atoms with Gasteiger partial charge in [-0.25, -0.2) is 4.98 Å². The van der Waals surface area contributed by atoms with Crippen molar-refractivity contribution in [2.24, 2.45) is 0 Å². The second-order valence-corrected chi connectivity index (χ2v) is 5.18. The second-order valence-electron chi connectivity index (χ2n) is 4.82. The van der Waals surface area contributed by atoms with Crippen molar-refractivity contribution in [3.8, 4) is 11.5 Å². The summed E-state index contributed by atoms with van der Waals surface area (Å²) in [5.41, 5.74) is 2.84. The zero-order valence-electron chi connectivity index (χ0n) is 12.6. The normalized spacial score (nSPS) is 11.9. The summed E-state index contributed by atoms with van der Waals surface area (Å²) in [6.45, 7) is 4.02. The molecule has 1 atom stereocenters. The maximum atomic E-state index is 6.13. The first-order valence-corrected chi connectivity index (χ1v) is 7.03. The molecule has 1 aromatic carbocycles. The van der Waals surface area contributed by atoms with Crippen molar-refractivity contribution in [2.45, 2.75) is 19.9 Å². The molecule has 1 unspecified atom stereocenters. The monoisotopic (exact) mass is 306 g/mol. The molecule has 1 aromatic heterocycles. The quantitative estimate of drug-likeness (QED) is 0.839. The van der Waals surface area contributed by atoms with Gasteiger partial charge < -0.3 is 14.8 Å². The molecule has 21 heavy (non-hydrogen) atoms. The zero-order chi connectivity index (χ0) is 15.4. The lowest BCUT2D eigenvalue weighted by Crippen LogP contribution is -2.09. The lowest BCUT2D eigenvalue weighted by atomic mass is 10.1. The van der Waals surface area contributed by atoms with Crippen molar-refractivity contribution in [3.63, 3.8) is 0 Å². The average Bonchev–Trinajstić information content (AvgIpc) is 2.50. The van der Waals surface area contributed by atoms with Gasteiger partial charge in [0.2, 0.25) is 0 Å². The molecule has 2 aromatic rings. The lowest BCUT2D eigenvalue weighted by Gasteiger charge is -2.20. The number of hydrogen-bond donors (Lipinski definition) is 1. The van der Waals surface area contributed by atoms with Crippen LogP contribution in [0.5, 0.6) is 11.5 Å². The van der Waals surface area contributed by atoms with Crippen molar-refractivity contribution in [1.29, 1.82) is 0 Å². The largest absolute Gasteiger partial charge is 0.497 e. The third-order valence-corrected chi connectivity index (χ3v) is 3.55. The van der Waals surface area contributed by atoms with Crippen molar-refractivity contribution >= 4 is 17.3 Å². The molecule has 112 valence electrons. The van der Waals surface area contributed by atoms with Crippen LogP contribution in [0.2, 0.25) is 5.15 Å². The number of pyridine rings is 1. The van der Waals surface area contributed by atoms with E-state index in [2.05, 4.69) is 10.3 Å². The van der Waals surface area contributed by atoms with E-state index in [1.165, 1.54) is 0 Å². The highest BCUT2D eigenvalue weighted by molar-refractivity contribution is 6.32. The van der Waals surface area contributed by atoms with Crippen LogP contribution in [-0.2, 0) is 0 Å². The number of hydrogen-bond acceptors (Lipinski definition) is 4.